The summed E-state index contributed by atoms with van der Waals surface area (Å²) in [5, 5.41) is 0. The Labute approximate surface area is 119 Å². The number of hydrogen-bond acceptors (Lipinski definition) is 0. The number of rotatable bonds is 6. The molecule has 0 spiro atoms. The topological polar surface area (TPSA) is 0 Å². The maximum absolute atomic E-state index is 4.32. The molecule has 1 rings (SSSR count). The van der Waals surface area contributed by atoms with Crippen molar-refractivity contribution in [2.75, 3.05) is 0 Å². The molecule has 1 atom stereocenters. The van der Waals surface area contributed by atoms with Crippen molar-refractivity contribution < 1.29 is 0 Å². The van der Waals surface area contributed by atoms with Gasteiger partial charge >= 0.3 is 0 Å². The van der Waals surface area contributed by atoms with Crippen LogP contribution < -0.4 is 0 Å². The highest BCUT2D eigenvalue weighted by atomic mass is 14.3. The second kappa shape index (κ2) is 6.75. The van der Waals surface area contributed by atoms with Crippen molar-refractivity contribution in [1.29, 1.82) is 0 Å². The van der Waals surface area contributed by atoms with Crippen LogP contribution in [0, 0.1) is 5.92 Å². The summed E-state index contributed by atoms with van der Waals surface area (Å²) in [5.41, 5.74) is 7.63. The molecule has 0 saturated heterocycles. The van der Waals surface area contributed by atoms with Gasteiger partial charge in [-0.25, -0.2) is 0 Å². The predicted octanol–water partition coefficient (Wildman–Crippen LogP) is 6.15. The van der Waals surface area contributed by atoms with E-state index < -0.39 is 0 Å². The van der Waals surface area contributed by atoms with Crippen molar-refractivity contribution in [2.24, 2.45) is 5.92 Å². The number of hydrogen-bond donors (Lipinski definition) is 0. The van der Waals surface area contributed by atoms with E-state index in [-0.39, 0.29) is 0 Å². The second-order valence-electron chi connectivity index (χ2n) is 5.61. The lowest BCUT2D eigenvalue weighted by molar-refractivity contribution is 0.716. The van der Waals surface area contributed by atoms with E-state index in [1.54, 1.807) is 0 Å². The zero-order valence-corrected chi connectivity index (χ0v) is 13.1. The maximum atomic E-state index is 4.32. The first-order valence-corrected chi connectivity index (χ1v) is 7.35. The van der Waals surface area contributed by atoms with Crippen molar-refractivity contribution in [3.8, 4) is 0 Å². The first kappa shape index (κ1) is 15.8. The molecule has 1 aliphatic carbocycles. The summed E-state index contributed by atoms with van der Waals surface area (Å²) in [6.07, 6.45) is 7.03. The highest BCUT2D eigenvalue weighted by Crippen LogP contribution is 2.46. The third kappa shape index (κ3) is 3.18. The lowest BCUT2D eigenvalue weighted by Crippen LogP contribution is -2.03. The molecule has 0 N–H and O–H groups in total. The first-order chi connectivity index (χ1) is 8.95. The van der Waals surface area contributed by atoms with Crippen LogP contribution in [0.15, 0.2) is 59.3 Å². The summed E-state index contributed by atoms with van der Waals surface area (Å²) in [5.74, 6) is 0.294. The summed E-state index contributed by atoms with van der Waals surface area (Å²) in [6, 6.07) is 0. The molecule has 0 bridgehead atoms. The molecule has 0 radical (unpaired) electrons. The van der Waals surface area contributed by atoms with E-state index >= 15 is 0 Å². The van der Waals surface area contributed by atoms with E-state index in [0.29, 0.717) is 5.92 Å². The summed E-state index contributed by atoms with van der Waals surface area (Å²) in [7, 11) is 0. The Morgan fingerprint density at radius 2 is 1.89 bits per heavy atom. The van der Waals surface area contributed by atoms with Crippen LogP contribution in [0.5, 0.6) is 0 Å². The van der Waals surface area contributed by atoms with Crippen LogP contribution in [0.2, 0.25) is 0 Å². The van der Waals surface area contributed by atoms with Crippen LogP contribution in [0.3, 0.4) is 0 Å². The van der Waals surface area contributed by atoms with E-state index in [2.05, 4.69) is 53.5 Å². The molecule has 0 nitrogen and oxygen atoms in total. The molecule has 0 fully saturated rings. The fourth-order valence-electron chi connectivity index (χ4n) is 3.09. The predicted molar refractivity (Wildman–Crippen MR) is 87.2 cm³/mol. The largest absolute Gasteiger partial charge is 0.0992 e. The van der Waals surface area contributed by atoms with Crippen LogP contribution in [0.1, 0.15) is 53.4 Å². The molecular weight excluding hydrogens is 228 g/mol. The van der Waals surface area contributed by atoms with E-state index in [1.807, 2.05) is 0 Å². The minimum atomic E-state index is 0.294. The van der Waals surface area contributed by atoms with E-state index in [0.717, 1.165) is 6.42 Å². The lowest BCUT2D eigenvalue weighted by atomic mass is 9.88. The SMILES string of the molecule is C=C(CCCCC)C1=C(C)/C(=C/C)C(C(=C)C)C1=C. The van der Waals surface area contributed by atoms with Gasteiger partial charge in [0.25, 0.3) is 0 Å². The zero-order valence-electron chi connectivity index (χ0n) is 13.1. The van der Waals surface area contributed by atoms with Gasteiger partial charge in [-0.15, -0.1) is 0 Å². The Kier molecular flexibility index (Phi) is 5.60. The molecule has 1 aliphatic rings. The fourth-order valence-corrected chi connectivity index (χ4v) is 3.09. The molecule has 104 valence electrons. The van der Waals surface area contributed by atoms with Gasteiger partial charge in [0.15, 0.2) is 0 Å². The van der Waals surface area contributed by atoms with Gasteiger partial charge in [0.05, 0.1) is 0 Å². The molecule has 0 heteroatoms. The quantitative estimate of drug-likeness (QED) is 0.395. The highest BCUT2D eigenvalue weighted by molar-refractivity contribution is 5.65. The summed E-state index contributed by atoms with van der Waals surface area (Å²) >= 11 is 0. The highest BCUT2D eigenvalue weighted by Gasteiger charge is 2.31. The Balaban J connectivity index is 3.00. The van der Waals surface area contributed by atoms with Gasteiger partial charge in [-0.1, -0.05) is 51.2 Å². The Hall–Kier alpha value is -1.30. The zero-order chi connectivity index (χ0) is 14.6. The van der Waals surface area contributed by atoms with Crippen molar-refractivity contribution in [3.05, 3.63) is 59.3 Å². The van der Waals surface area contributed by atoms with Crippen molar-refractivity contribution >= 4 is 0 Å². The van der Waals surface area contributed by atoms with Crippen LogP contribution in [-0.4, -0.2) is 0 Å². The maximum Gasteiger partial charge on any atom is 0.0293 e. The second-order valence-corrected chi connectivity index (χ2v) is 5.61. The molecule has 1 unspecified atom stereocenters. The van der Waals surface area contributed by atoms with Crippen molar-refractivity contribution in [1.82, 2.24) is 0 Å². The van der Waals surface area contributed by atoms with Gasteiger partial charge in [-0.05, 0) is 61.5 Å². The standard InChI is InChI=1S/C19H28/c1-8-10-11-12-14(5)19-15(6)17(9-2)18(13(3)4)16(19)7/h9,18H,3,5,7-8,10-12H2,1-2,4,6H3/b17-9-. The average Bonchev–Trinajstić information content (AvgIpc) is 2.60. The molecule has 0 saturated carbocycles. The third-order valence-corrected chi connectivity index (χ3v) is 4.03. The average molecular weight is 256 g/mol. The monoisotopic (exact) mass is 256 g/mol. The van der Waals surface area contributed by atoms with Crippen molar-refractivity contribution in [2.45, 2.75) is 53.4 Å². The van der Waals surface area contributed by atoms with Gasteiger partial charge in [-0.2, -0.15) is 0 Å². The van der Waals surface area contributed by atoms with Gasteiger partial charge in [0.1, 0.15) is 0 Å². The minimum absolute atomic E-state index is 0.294. The molecule has 0 aromatic carbocycles. The van der Waals surface area contributed by atoms with Crippen LogP contribution in [0.4, 0.5) is 0 Å². The molecule has 0 heterocycles. The number of allylic oxidation sites excluding steroid dienone is 7. The van der Waals surface area contributed by atoms with E-state index in [9.17, 15) is 0 Å². The minimum Gasteiger partial charge on any atom is -0.0992 e. The summed E-state index contributed by atoms with van der Waals surface area (Å²) < 4.78 is 0. The molecule has 0 aromatic heterocycles. The molecular formula is C19H28. The lowest BCUT2D eigenvalue weighted by Gasteiger charge is -2.16. The third-order valence-electron chi connectivity index (χ3n) is 4.03. The molecule has 0 aromatic rings. The van der Waals surface area contributed by atoms with Crippen LogP contribution in [-0.2, 0) is 0 Å². The van der Waals surface area contributed by atoms with Crippen LogP contribution in [0.25, 0.3) is 0 Å². The summed E-state index contributed by atoms with van der Waals surface area (Å²) in [6.45, 7) is 21.4. The Morgan fingerprint density at radius 1 is 1.26 bits per heavy atom. The van der Waals surface area contributed by atoms with Gasteiger partial charge < -0.3 is 0 Å². The van der Waals surface area contributed by atoms with E-state index in [1.165, 1.54) is 52.7 Å². The Bertz CT molecular complexity index is 454. The molecule has 0 aliphatic heterocycles. The Morgan fingerprint density at radius 3 is 2.32 bits per heavy atom. The summed E-state index contributed by atoms with van der Waals surface area (Å²) in [4.78, 5) is 0. The van der Waals surface area contributed by atoms with E-state index in [4.69, 9.17) is 0 Å². The van der Waals surface area contributed by atoms with Gasteiger partial charge in [0, 0.05) is 5.92 Å². The van der Waals surface area contributed by atoms with Gasteiger partial charge in [-0.3, -0.25) is 0 Å². The fraction of sp³-hybridized carbons (Fsp3) is 0.474. The normalized spacial score (nSPS) is 21.4. The molecule has 0 amide bonds. The van der Waals surface area contributed by atoms with Crippen LogP contribution >= 0.6 is 0 Å². The number of unbranched alkanes of at least 4 members (excludes halogenated alkanes) is 2. The molecule has 19 heavy (non-hydrogen) atoms. The first-order valence-electron chi connectivity index (χ1n) is 7.35. The van der Waals surface area contributed by atoms with Gasteiger partial charge in [0.2, 0.25) is 0 Å². The smallest absolute Gasteiger partial charge is 0.0293 e. The van der Waals surface area contributed by atoms with Crippen molar-refractivity contribution in [3.63, 3.8) is 0 Å².